The quantitative estimate of drug-likeness (QED) is 0.359. The molecule has 2 aromatic carbocycles. The predicted octanol–water partition coefficient (Wildman–Crippen LogP) is 4.65. The summed E-state index contributed by atoms with van der Waals surface area (Å²) in [4.78, 5) is 26.3. The van der Waals surface area contributed by atoms with Crippen molar-refractivity contribution in [2.75, 3.05) is 48.6 Å². The first-order valence-corrected chi connectivity index (χ1v) is 12.3. The SMILES string of the molecule is COC(=O)c1cc(CCN(C)CCCC(C#N)(c2ccc(OC)c(OC)c2)C(C)C)cc(C(=O)OC)c1. The summed E-state index contributed by atoms with van der Waals surface area (Å²) in [5.74, 6) is 0.332. The summed E-state index contributed by atoms with van der Waals surface area (Å²) in [6, 6.07) is 13.2. The van der Waals surface area contributed by atoms with E-state index in [1.807, 2.05) is 25.2 Å². The highest BCUT2D eigenvalue weighted by molar-refractivity contribution is 5.95. The summed E-state index contributed by atoms with van der Waals surface area (Å²) in [5.41, 5.74) is 1.72. The lowest BCUT2D eigenvalue weighted by atomic mass is 9.69. The molecule has 2 aromatic rings. The number of nitriles is 1. The number of carbonyl (C=O) groups is 2. The molecule has 1 unspecified atom stereocenters. The number of carbonyl (C=O) groups excluding carboxylic acids is 2. The number of nitrogens with zero attached hydrogens (tertiary/aromatic N) is 2. The highest BCUT2D eigenvalue weighted by Gasteiger charge is 2.36. The van der Waals surface area contributed by atoms with Gasteiger partial charge in [-0.1, -0.05) is 19.9 Å². The van der Waals surface area contributed by atoms with Crippen LogP contribution in [0.3, 0.4) is 0 Å². The molecule has 0 aliphatic carbocycles. The van der Waals surface area contributed by atoms with Crippen molar-refractivity contribution in [1.82, 2.24) is 4.90 Å². The normalized spacial score (nSPS) is 12.5. The zero-order chi connectivity index (χ0) is 27.6. The number of hydrogen-bond donors (Lipinski definition) is 0. The molecule has 0 amide bonds. The Morgan fingerprint density at radius 3 is 2.00 bits per heavy atom. The van der Waals surface area contributed by atoms with Gasteiger partial charge in [-0.25, -0.2) is 9.59 Å². The molecule has 0 saturated carbocycles. The second-order valence-electron chi connectivity index (χ2n) is 9.37. The van der Waals surface area contributed by atoms with Crippen molar-refractivity contribution in [2.24, 2.45) is 5.92 Å². The monoisotopic (exact) mass is 510 g/mol. The fourth-order valence-electron chi connectivity index (χ4n) is 4.50. The number of likely N-dealkylation sites (N-methyl/N-ethyl adjacent to an activating group) is 1. The van der Waals surface area contributed by atoms with Crippen LogP contribution in [-0.2, 0) is 21.3 Å². The first kappa shape index (κ1) is 29.7. The Hall–Kier alpha value is -3.57. The maximum atomic E-state index is 12.1. The van der Waals surface area contributed by atoms with Crippen molar-refractivity contribution in [1.29, 1.82) is 5.26 Å². The molecule has 0 fully saturated rings. The Morgan fingerprint density at radius 1 is 0.919 bits per heavy atom. The van der Waals surface area contributed by atoms with Crippen molar-refractivity contribution in [3.63, 3.8) is 0 Å². The highest BCUT2D eigenvalue weighted by atomic mass is 16.5. The van der Waals surface area contributed by atoms with Crippen molar-refractivity contribution >= 4 is 11.9 Å². The summed E-state index contributed by atoms with van der Waals surface area (Å²) < 4.78 is 20.5. The lowest BCUT2D eigenvalue weighted by Gasteiger charge is -2.32. The largest absolute Gasteiger partial charge is 0.493 e. The van der Waals surface area contributed by atoms with Gasteiger partial charge in [0.25, 0.3) is 0 Å². The molecule has 0 heterocycles. The fraction of sp³-hybridized carbons (Fsp3) is 0.483. The van der Waals surface area contributed by atoms with Gasteiger partial charge in [0.1, 0.15) is 0 Å². The van der Waals surface area contributed by atoms with Gasteiger partial charge in [0, 0.05) is 6.54 Å². The summed E-state index contributed by atoms with van der Waals surface area (Å²) in [6.45, 7) is 5.63. The molecular formula is C29H38N2O6. The smallest absolute Gasteiger partial charge is 0.337 e. The van der Waals surface area contributed by atoms with Crippen molar-refractivity contribution in [3.05, 3.63) is 58.7 Å². The molecule has 0 N–H and O–H groups in total. The van der Waals surface area contributed by atoms with Crippen LogP contribution in [0, 0.1) is 17.2 Å². The lowest BCUT2D eigenvalue weighted by molar-refractivity contribution is 0.0599. The molecule has 0 aliphatic heterocycles. The third-order valence-electron chi connectivity index (χ3n) is 6.81. The first-order chi connectivity index (χ1) is 17.6. The summed E-state index contributed by atoms with van der Waals surface area (Å²) in [5, 5.41) is 10.3. The van der Waals surface area contributed by atoms with Gasteiger partial charge in [-0.2, -0.15) is 5.26 Å². The van der Waals surface area contributed by atoms with Gasteiger partial charge in [0.05, 0.1) is 51.1 Å². The molecule has 8 nitrogen and oxygen atoms in total. The van der Waals surface area contributed by atoms with Crippen molar-refractivity contribution in [3.8, 4) is 17.6 Å². The van der Waals surface area contributed by atoms with E-state index in [0.717, 1.165) is 24.1 Å². The van der Waals surface area contributed by atoms with E-state index in [2.05, 4.69) is 24.8 Å². The summed E-state index contributed by atoms with van der Waals surface area (Å²) >= 11 is 0. The molecule has 1 atom stereocenters. The summed E-state index contributed by atoms with van der Waals surface area (Å²) in [6.07, 6.45) is 2.13. The van der Waals surface area contributed by atoms with Gasteiger partial charge >= 0.3 is 11.9 Å². The Bertz CT molecular complexity index is 1090. The average molecular weight is 511 g/mol. The van der Waals surface area contributed by atoms with Crippen LogP contribution in [0.25, 0.3) is 0 Å². The van der Waals surface area contributed by atoms with Gasteiger partial charge in [-0.3, -0.25) is 0 Å². The van der Waals surface area contributed by atoms with E-state index in [1.165, 1.54) is 20.3 Å². The predicted molar refractivity (Wildman–Crippen MR) is 141 cm³/mol. The van der Waals surface area contributed by atoms with Crippen LogP contribution in [0.2, 0.25) is 0 Å². The molecule has 37 heavy (non-hydrogen) atoms. The van der Waals surface area contributed by atoms with Gasteiger partial charge in [0.2, 0.25) is 0 Å². The van der Waals surface area contributed by atoms with Gasteiger partial charge in [-0.15, -0.1) is 0 Å². The van der Waals surface area contributed by atoms with E-state index in [4.69, 9.17) is 18.9 Å². The van der Waals surface area contributed by atoms with E-state index >= 15 is 0 Å². The first-order valence-electron chi connectivity index (χ1n) is 12.3. The van der Waals surface area contributed by atoms with Crippen LogP contribution in [0.5, 0.6) is 11.5 Å². The van der Waals surface area contributed by atoms with E-state index in [0.29, 0.717) is 42.0 Å². The topological polar surface area (TPSA) is 98.1 Å². The Labute approximate surface area is 220 Å². The van der Waals surface area contributed by atoms with E-state index in [-0.39, 0.29) is 5.92 Å². The third-order valence-corrected chi connectivity index (χ3v) is 6.81. The van der Waals surface area contributed by atoms with Gasteiger partial charge in [0.15, 0.2) is 11.5 Å². The molecule has 0 spiro atoms. The molecule has 0 radical (unpaired) electrons. The number of ether oxygens (including phenoxy) is 4. The van der Waals surface area contributed by atoms with Crippen LogP contribution in [0.4, 0.5) is 0 Å². The second kappa shape index (κ2) is 13.7. The Morgan fingerprint density at radius 2 is 1.51 bits per heavy atom. The Balaban J connectivity index is 2.10. The van der Waals surface area contributed by atoms with Crippen LogP contribution < -0.4 is 9.47 Å². The zero-order valence-electron chi connectivity index (χ0n) is 22.9. The zero-order valence-corrected chi connectivity index (χ0v) is 22.9. The number of methoxy groups -OCH3 is 4. The number of esters is 2. The van der Waals surface area contributed by atoms with Crippen LogP contribution in [0.15, 0.2) is 36.4 Å². The number of benzene rings is 2. The molecule has 2 rings (SSSR count). The minimum absolute atomic E-state index is 0.0960. The van der Waals surface area contributed by atoms with Crippen molar-refractivity contribution in [2.45, 2.75) is 38.5 Å². The third kappa shape index (κ3) is 7.23. The molecule has 0 aliphatic rings. The standard InChI is InChI=1S/C29H38N2O6/c1-20(2)29(19-30,24-9-10-25(34-4)26(18-24)35-5)12-8-13-31(3)14-11-21-15-22(27(32)36-6)17-23(16-21)28(33)37-7/h9-10,15-18,20H,8,11-14H2,1-7H3. The molecule has 0 aromatic heterocycles. The van der Waals surface area contributed by atoms with Crippen LogP contribution in [0.1, 0.15) is 58.5 Å². The van der Waals surface area contributed by atoms with Crippen molar-refractivity contribution < 1.29 is 28.5 Å². The molecule has 200 valence electrons. The van der Waals surface area contributed by atoms with Gasteiger partial charge < -0.3 is 23.8 Å². The highest BCUT2D eigenvalue weighted by Crippen LogP contribution is 2.40. The fourth-order valence-corrected chi connectivity index (χ4v) is 4.50. The van der Waals surface area contributed by atoms with Crippen LogP contribution in [-0.4, -0.2) is 65.4 Å². The van der Waals surface area contributed by atoms with Gasteiger partial charge in [-0.05, 0) is 80.2 Å². The number of rotatable bonds is 13. The molecule has 0 saturated heterocycles. The lowest BCUT2D eigenvalue weighted by Crippen LogP contribution is -2.32. The molecule has 0 bridgehead atoms. The Kier molecular flexibility index (Phi) is 10.9. The maximum absolute atomic E-state index is 12.1. The minimum atomic E-state index is -0.662. The van der Waals surface area contributed by atoms with E-state index in [9.17, 15) is 14.9 Å². The average Bonchev–Trinajstić information content (AvgIpc) is 2.92. The molecular weight excluding hydrogens is 472 g/mol. The maximum Gasteiger partial charge on any atom is 0.337 e. The second-order valence-corrected chi connectivity index (χ2v) is 9.37. The van der Waals surface area contributed by atoms with E-state index < -0.39 is 17.4 Å². The summed E-state index contributed by atoms with van der Waals surface area (Å²) in [7, 11) is 7.82. The van der Waals surface area contributed by atoms with E-state index in [1.54, 1.807) is 26.4 Å². The number of hydrogen-bond acceptors (Lipinski definition) is 8. The molecule has 8 heteroatoms. The van der Waals surface area contributed by atoms with Crippen LogP contribution >= 0.6 is 0 Å². The minimum Gasteiger partial charge on any atom is -0.493 e.